The van der Waals surface area contributed by atoms with Crippen molar-refractivity contribution in [1.82, 2.24) is 24.1 Å². The number of ether oxygens (including phenoxy) is 1. The fourth-order valence-electron chi connectivity index (χ4n) is 2.68. The summed E-state index contributed by atoms with van der Waals surface area (Å²) >= 11 is 3.48. The van der Waals surface area contributed by atoms with Gasteiger partial charge in [-0.05, 0) is 41.1 Å². The van der Waals surface area contributed by atoms with Crippen LogP contribution in [0.25, 0.3) is 16.7 Å². The number of hydrogen-bond donors (Lipinski definition) is 0. The van der Waals surface area contributed by atoms with Gasteiger partial charge in [-0.3, -0.25) is 9.67 Å². The molecule has 4 rings (SSSR count). The summed E-state index contributed by atoms with van der Waals surface area (Å²) in [5.74, 6) is -0.386. The van der Waals surface area contributed by atoms with E-state index in [1.807, 2.05) is 28.9 Å². The molecule has 0 atom stereocenters. The second-order valence-electron chi connectivity index (χ2n) is 5.48. The molecule has 126 valence electrons. The van der Waals surface area contributed by atoms with E-state index in [4.69, 9.17) is 4.74 Å². The highest BCUT2D eigenvalue weighted by Crippen LogP contribution is 2.18. The minimum atomic E-state index is -0.386. The van der Waals surface area contributed by atoms with Crippen LogP contribution in [-0.4, -0.2) is 36.7 Å². The van der Waals surface area contributed by atoms with Crippen LogP contribution >= 0.6 is 15.9 Å². The van der Waals surface area contributed by atoms with Crippen molar-refractivity contribution in [2.75, 3.05) is 6.61 Å². The van der Waals surface area contributed by atoms with E-state index in [1.54, 1.807) is 23.9 Å². The van der Waals surface area contributed by atoms with Crippen LogP contribution in [-0.2, 0) is 11.3 Å². The van der Waals surface area contributed by atoms with Crippen molar-refractivity contribution < 1.29 is 9.53 Å². The predicted molar refractivity (Wildman–Crippen MR) is 95.5 cm³/mol. The van der Waals surface area contributed by atoms with Crippen molar-refractivity contribution in [2.24, 2.45) is 0 Å². The van der Waals surface area contributed by atoms with Crippen molar-refractivity contribution in [3.8, 4) is 0 Å². The Morgan fingerprint density at radius 3 is 2.96 bits per heavy atom. The molecule has 4 aromatic rings. The molecule has 0 saturated carbocycles. The number of rotatable bonds is 4. The zero-order valence-corrected chi connectivity index (χ0v) is 15.0. The summed E-state index contributed by atoms with van der Waals surface area (Å²) in [5.41, 5.74) is 3.75. The lowest BCUT2D eigenvalue weighted by atomic mass is 10.2. The molecule has 0 aliphatic rings. The van der Waals surface area contributed by atoms with Gasteiger partial charge in [0.15, 0.2) is 0 Å². The summed E-state index contributed by atoms with van der Waals surface area (Å²) in [7, 11) is 0. The Balaban J connectivity index is 1.74. The Labute approximate surface area is 151 Å². The predicted octanol–water partition coefficient (Wildman–Crippen LogP) is 3.07. The van der Waals surface area contributed by atoms with E-state index in [0.717, 1.165) is 26.8 Å². The molecule has 7 nitrogen and oxygen atoms in total. The van der Waals surface area contributed by atoms with E-state index in [9.17, 15) is 4.79 Å². The zero-order chi connectivity index (χ0) is 17.4. The van der Waals surface area contributed by atoms with Crippen LogP contribution in [0.2, 0.25) is 0 Å². The van der Waals surface area contributed by atoms with Gasteiger partial charge in [0, 0.05) is 16.9 Å². The van der Waals surface area contributed by atoms with Crippen LogP contribution in [0.4, 0.5) is 0 Å². The SMILES string of the molecule is CCOC(=O)c1cnc2cnn(Cc3cnc4ccc(Br)cn34)c2c1. The zero-order valence-electron chi connectivity index (χ0n) is 13.4. The van der Waals surface area contributed by atoms with Gasteiger partial charge in [-0.2, -0.15) is 5.10 Å². The van der Waals surface area contributed by atoms with E-state index in [-0.39, 0.29) is 5.97 Å². The summed E-state index contributed by atoms with van der Waals surface area (Å²) in [6.07, 6.45) is 6.98. The quantitative estimate of drug-likeness (QED) is 0.493. The van der Waals surface area contributed by atoms with Crippen LogP contribution in [0.15, 0.2) is 47.5 Å². The van der Waals surface area contributed by atoms with Gasteiger partial charge in [0.25, 0.3) is 0 Å². The average molecular weight is 400 g/mol. The number of carbonyl (C=O) groups is 1. The fraction of sp³-hybridized carbons (Fsp3) is 0.176. The molecule has 0 aliphatic heterocycles. The third-order valence-electron chi connectivity index (χ3n) is 3.86. The van der Waals surface area contributed by atoms with Gasteiger partial charge >= 0.3 is 5.97 Å². The Morgan fingerprint density at radius 2 is 2.12 bits per heavy atom. The maximum Gasteiger partial charge on any atom is 0.339 e. The third kappa shape index (κ3) is 2.89. The van der Waals surface area contributed by atoms with E-state index in [1.165, 1.54) is 6.20 Å². The van der Waals surface area contributed by atoms with Gasteiger partial charge < -0.3 is 9.14 Å². The smallest absolute Gasteiger partial charge is 0.339 e. The lowest BCUT2D eigenvalue weighted by Gasteiger charge is -2.06. The molecule has 0 aromatic carbocycles. The van der Waals surface area contributed by atoms with Gasteiger partial charge in [-0.15, -0.1) is 0 Å². The molecule has 0 unspecified atom stereocenters. The van der Waals surface area contributed by atoms with E-state index in [2.05, 4.69) is 31.0 Å². The van der Waals surface area contributed by atoms with Crippen molar-refractivity contribution in [2.45, 2.75) is 13.5 Å². The number of nitrogens with zero attached hydrogens (tertiary/aromatic N) is 5. The summed E-state index contributed by atoms with van der Waals surface area (Å²) < 4.78 is 9.81. The first kappa shape index (κ1) is 15.8. The van der Waals surface area contributed by atoms with Crippen LogP contribution in [0.1, 0.15) is 23.0 Å². The largest absolute Gasteiger partial charge is 0.462 e. The highest BCUT2D eigenvalue weighted by Gasteiger charge is 2.13. The van der Waals surface area contributed by atoms with Gasteiger partial charge in [-0.25, -0.2) is 9.78 Å². The Morgan fingerprint density at radius 1 is 1.24 bits per heavy atom. The lowest BCUT2D eigenvalue weighted by Crippen LogP contribution is -2.07. The number of esters is 1. The second kappa shape index (κ2) is 6.29. The summed E-state index contributed by atoms with van der Waals surface area (Å²) in [6, 6.07) is 5.65. The van der Waals surface area contributed by atoms with Crippen molar-refractivity contribution in [1.29, 1.82) is 0 Å². The molecule has 0 bridgehead atoms. The molecular formula is C17H14BrN5O2. The number of halogens is 1. The highest BCUT2D eigenvalue weighted by molar-refractivity contribution is 9.10. The summed E-state index contributed by atoms with van der Waals surface area (Å²) in [5, 5.41) is 4.40. The number of fused-ring (bicyclic) bond motifs is 2. The maximum absolute atomic E-state index is 11.9. The Kier molecular flexibility index (Phi) is 3.96. The van der Waals surface area contributed by atoms with Gasteiger partial charge in [0.2, 0.25) is 0 Å². The molecular weight excluding hydrogens is 386 g/mol. The van der Waals surface area contributed by atoms with Gasteiger partial charge in [-0.1, -0.05) is 0 Å². The first-order valence-corrected chi connectivity index (χ1v) is 8.55. The number of imidazole rings is 1. The van der Waals surface area contributed by atoms with Crippen LogP contribution < -0.4 is 0 Å². The molecule has 0 spiro atoms. The van der Waals surface area contributed by atoms with Crippen LogP contribution in [0.3, 0.4) is 0 Å². The van der Waals surface area contributed by atoms with E-state index < -0.39 is 0 Å². The van der Waals surface area contributed by atoms with Gasteiger partial charge in [0.05, 0.1) is 42.3 Å². The molecule has 0 N–H and O–H groups in total. The minimum absolute atomic E-state index is 0.326. The Hall–Kier alpha value is -2.74. The monoisotopic (exact) mass is 399 g/mol. The maximum atomic E-state index is 11.9. The first-order valence-electron chi connectivity index (χ1n) is 7.76. The highest BCUT2D eigenvalue weighted by atomic mass is 79.9. The molecule has 0 radical (unpaired) electrons. The molecule has 8 heteroatoms. The minimum Gasteiger partial charge on any atom is -0.462 e. The van der Waals surface area contributed by atoms with Crippen molar-refractivity contribution in [3.05, 3.63) is 58.7 Å². The number of aromatic nitrogens is 5. The second-order valence-corrected chi connectivity index (χ2v) is 6.39. The fourth-order valence-corrected chi connectivity index (χ4v) is 3.02. The van der Waals surface area contributed by atoms with Crippen LogP contribution in [0.5, 0.6) is 0 Å². The summed E-state index contributed by atoms with van der Waals surface area (Å²) in [6.45, 7) is 2.61. The molecule has 4 aromatic heterocycles. The number of pyridine rings is 2. The van der Waals surface area contributed by atoms with Crippen molar-refractivity contribution >= 4 is 38.6 Å². The molecule has 0 fully saturated rings. The molecule has 4 heterocycles. The summed E-state index contributed by atoms with van der Waals surface area (Å²) in [4.78, 5) is 20.6. The average Bonchev–Trinajstić information content (AvgIpc) is 3.19. The third-order valence-corrected chi connectivity index (χ3v) is 4.33. The van der Waals surface area contributed by atoms with Gasteiger partial charge in [0.1, 0.15) is 11.2 Å². The lowest BCUT2D eigenvalue weighted by molar-refractivity contribution is 0.0526. The van der Waals surface area contributed by atoms with Crippen LogP contribution in [0, 0.1) is 0 Å². The molecule has 0 amide bonds. The number of hydrogen-bond acceptors (Lipinski definition) is 5. The molecule has 0 saturated heterocycles. The first-order chi connectivity index (χ1) is 12.2. The molecule has 25 heavy (non-hydrogen) atoms. The molecule has 0 aliphatic carbocycles. The standard InChI is InChI=1S/C17H14BrN5O2/c1-2-25-17(24)11-5-15-14(19-6-11)8-21-23(15)10-13-7-20-16-4-3-12(18)9-22(13)16/h3-9H,2,10H2,1H3. The van der Waals surface area contributed by atoms with Crippen molar-refractivity contribution in [3.63, 3.8) is 0 Å². The number of carbonyl (C=O) groups excluding carboxylic acids is 1. The van der Waals surface area contributed by atoms with E-state index >= 15 is 0 Å². The van der Waals surface area contributed by atoms with E-state index in [0.29, 0.717) is 18.7 Å². The Bertz CT molecular complexity index is 1090. The topological polar surface area (TPSA) is 74.3 Å². The normalized spacial score (nSPS) is 11.3.